The fourth-order valence-electron chi connectivity index (χ4n) is 11.7. The molecule has 5 aliphatic heterocycles. The Morgan fingerprint density at radius 2 is 0.704 bits per heavy atom. The third-order valence-electron chi connectivity index (χ3n) is 13.4. The van der Waals surface area contributed by atoms with Crippen molar-refractivity contribution < 1.29 is 0 Å². The number of anilines is 6. The van der Waals surface area contributed by atoms with Gasteiger partial charge >= 0.3 is 0 Å². The molecule has 7 heterocycles. The molecule has 15 rings (SSSR count). The lowest BCUT2D eigenvalue weighted by Crippen LogP contribution is -2.80. The lowest BCUT2D eigenvalue weighted by Gasteiger charge is -2.49. The highest BCUT2D eigenvalue weighted by molar-refractivity contribution is 7.16. The van der Waals surface area contributed by atoms with Gasteiger partial charge in [0.25, 0.3) is 13.4 Å². The summed E-state index contributed by atoms with van der Waals surface area (Å²) in [6.07, 6.45) is 0. The maximum absolute atomic E-state index is 2.61. The highest BCUT2D eigenvalue weighted by Crippen LogP contribution is 2.48. The molecule has 0 aliphatic carbocycles. The van der Waals surface area contributed by atoms with Crippen LogP contribution in [0.5, 0.6) is 0 Å². The first kappa shape index (κ1) is 26.8. The number of rotatable bonds is 2. The average Bonchev–Trinajstić information content (AvgIpc) is 3.75. The summed E-state index contributed by atoms with van der Waals surface area (Å²) in [5.74, 6) is 0. The molecule has 244 valence electrons. The fraction of sp³-hybridized carbons (Fsp3) is 0. The highest BCUT2D eigenvalue weighted by Gasteiger charge is 2.55. The molecule has 0 amide bonds. The Morgan fingerprint density at radius 3 is 1.17 bits per heavy atom. The number of para-hydroxylation sites is 4. The third-order valence-corrected chi connectivity index (χ3v) is 13.4. The van der Waals surface area contributed by atoms with Gasteiger partial charge in [-0.25, -0.2) is 0 Å². The van der Waals surface area contributed by atoms with E-state index in [0.717, 1.165) is 0 Å². The molecule has 0 unspecified atom stereocenters. The van der Waals surface area contributed by atoms with E-state index in [1.165, 1.54) is 122 Å². The minimum absolute atomic E-state index is 0.0898. The topological polar surface area (TPSA) is 16.3 Å². The second-order valence-electron chi connectivity index (χ2n) is 15.6. The van der Waals surface area contributed by atoms with Crippen LogP contribution in [0.15, 0.2) is 158 Å². The van der Waals surface area contributed by atoms with Gasteiger partial charge in [-0.2, -0.15) is 0 Å². The van der Waals surface area contributed by atoms with Crippen LogP contribution in [0.1, 0.15) is 0 Å². The van der Waals surface area contributed by atoms with Crippen LogP contribution < -0.4 is 42.6 Å². The van der Waals surface area contributed by atoms with Crippen LogP contribution in [0, 0.1) is 0 Å². The first-order valence-corrected chi connectivity index (χ1v) is 19.0. The van der Waals surface area contributed by atoms with Crippen molar-refractivity contribution in [3.8, 4) is 11.4 Å². The highest BCUT2D eigenvalue weighted by atomic mass is 15.2. The average molecular weight is 680 g/mol. The van der Waals surface area contributed by atoms with Crippen LogP contribution in [0.25, 0.3) is 55.0 Å². The molecule has 5 aliphatic rings. The van der Waals surface area contributed by atoms with Crippen molar-refractivity contribution in [2.45, 2.75) is 0 Å². The van der Waals surface area contributed by atoms with Crippen LogP contribution in [-0.2, 0) is 0 Å². The standard InChI is InChI=1S/C48H26B2N4/c1-3-13-27(14-4-1)51-35-21-11-23-37-41(35)49-43-39(51)25-31-29-17-7-9-19-33(29)54-38-24-12-22-36-42(38)50(45(43)47(31)54)44-40(52(36)28-15-5-2-6-16-28)26-32-30-18-8-10-20-34(30)53(37)48(32)46(44)49/h1-26H. The Bertz CT molecular complexity index is 3190. The summed E-state index contributed by atoms with van der Waals surface area (Å²) in [7, 11) is 0. The summed E-state index contributed by atoms with van der Waals surface area (Å²) in [5, 5.41) is 5.27. The fourth-order valence-corrected chi connectivity index (χ4v) is 11.7. The maximum Gasteiger partial charge on any atom is 0.251 e. The SMILES string of the molecule is c1ccc(N2c3cccc4c3B3c5c2cc2c6ccccc6n6c2c5B2c5c(cccc5-6)N(c5ccccc5)c5cc6c7ccccc7n-4c6c3c52)cc1. The molecule has 0 radical (unpaired) electrons. The van der Waals surface area contributed by atoms with E-state index in [1.54, 1.807) is 0 Å². The summed E-state index contributed by atoms with van der Waals surface area (Å²) in [6.45, 7) is 0.180. The summed E-state index contributed by atoms with van der Waals surface area (Å²) in [4.78, 5) is 5.16. The number of hydrogen-bond donors (Lipinski definition) is 0. The van der Waals surface area contributed by atoms with Crippen LogP contribution >= 0.6 is 0 Å². The predicted molar refractivity (Wildman–Crippen MR) is 227 cm³/mol. The largest absolute Gasteiger partial charge is 0.311 e. The molecular formula is C48H26B2N4. The number of hydrogen-bond acceptors (Lipinski definition) is 2. The van der Waals surface area contributed by atoms with Crippen molar-refractivity contribution in [2.75, 3.05) is 9.80 Å². The van der Waals surface area contributed by atoms with E-state index in [9.17, 15) is 0 Å². The number of fused-ring (bicyclic) bond motifs is 8. The van der Waals surface area contributed by atoms with Crippen molar-refractivity contribution in [1.29, 1.82) is 0 Å². The first-order chi connectivity index (χ1) is 26.9. The Balaban J connectivity index is 1.25. The summed E-state index contributed by atoms with van der Waals surface area (Å²) < 4.78 is 5.23. The molecule has 0 spiro atoms. The van der Waals surface area contributed by atoms with E-state index in [-0.39, 0.29) is 13.4 Å². The zero-order valence-corrected chi connectivity index (χ0v) is 29.0. The van der Waals surface area contributed by atoms with Gasteiger partial charge in [-0.1, -0.05) is 84.9 Å². The van der Waals surface area contributed by atoms with Crippen molar-refractivity contribution in [3.05, 3.63) is 158 Å². The maximum atomic E-state index is 2.61. The van der Waals surface area contributed by atoms with Gasteiger partial charge in [0.2, 0.25) is 0 Å². The molecule has 8 aromatic carbocycles. The molecule has 0 saturated carbocycles. The third kappa shape index (κ3) is 2.73. The van der Waals surface area contributed by atoms with Crippen molar-refractivity contribution >= 4 is 124 Å². The molecule has 10 aromatic rings. The molecule has 0 fully saturated rings. The van der Waals surface area contributed by atoms with E-state index >= 15 is 0 Å². The van der Waals surface area contributed by atoms with Gasteiger partial charge in [0, 0.05) is 78.1 Å². The van der Waals surface area contributed by atoms with Crippen LogP contribution in [0.2, 0.25) is 0 Å². The van der Waals surface area contributed by atoms with Crippen molar-refractivity contribution in [2.24, 2.45) is 0 Å². The van der Waals surface area contributed by atoms with E-state index in [0.29, 0.717) is 0 Å². The summed E-state index contributed by atoms with van der Waals surface area (Å²) >= 11 is 0. The van der Waals surface area contributed by atoms with Crippen LogP contribution in [-0.4, -0.2) is 22.6 Å². The molecule has 4 nitrogen and oxygen atoms in total. The molecule has 0 N–H and O–H groups in total. The lowest BCUT2D eigenvalue weighted by molar-refractivity contribution is 1.17. The van der Waals surface area contributed by atoms with Gasteiger partial charge in [0.05, 0.1) is 11.0 Å². The number of aromatic nitrogens is 2. The molecular weight excluding hydrogens is 654 g/mol. The molecule has 2 aromatic heterocycles. The Labute approximate surface area is 310 Å². The molecule has 0 bridgehead atoms. The van der Waals surface area contributed by atoms with Crippen LogP contribution in [0.3, 0.4) is 0 Å². The smallest absolute Gasteiger partial charge is 0.251 e. The summed E-state index contributed by atoms with van der Waals surface area (Å²) in [5.41, 5.74) is 24.1. The zero-order chi connectivity index (χ0) is 34.6. The summed E-state index contributed by atoms with van der Waals surface area (Å²) in [6, 6.07) is 59.4. The second kappa shape index (κ2) is 8.82. The minimum atomic E-state index is 0.0898. The van der Waals surface area contributed by atoms with Gasteiger partial charge in [-0.05, 0) is 106 Å². The number of nitrogens with zero attached hydrogens (tertiary/aromatic N) is 4. The van der Waals surface area contributed by atoms with Gasteiger partial charge in [-0.3, -0.25) is 0 Å². The Kier molecular flexibility index (Phi) is 4.38. The van der Waals surface area contributed by atoms with Crippen molar-refractivity contribution in [1.82, 2.24) is 9.13 Å². The molecule has 0 atom stereocenters. The van der Waals surface area contributed by atoms with Gasteiger partial charge in [0.15, 0.2) is 0 Å². The lowest BCUT2D eigenvalue weighted by atomic mass is 9.18. The second-order valence-corrected chi connectivity index (χ2v) is 15.6. The number of benzene rings is 8. The van der Waals surface area contributed by atoms with Gasteiger partial charge in [-0.15, -0.1) is 0 Å². The molecule has 6 heteroatoms. The molecule has 54 heavy (non-hydrogen) atoms. The predicted octanol–water partition coefficient (Wildman–Crippen LogP) is 7.42. The van der Waals surface area contributed by atoms with E-state index in [2.05, 4.69) is 177 Å². The first-order valence-electron chi connectivity index (χ1n) is 19.0. The van der Waals surface area contributed by atoms with Gasteiger partial charge in [0.1, 0.15) is 0 Å². The van der Waals surface area contributed by atoms with Crippen molar-refractivity contribution in [3.63, 3.8) is 0 Å². The van der Waals surface area contributed by atoms with E-state index < -0.39 is 0 Å². The Hall–Kier alpha value is -6.91. The molecule has 0 saturated heterocycles. The van der Waals surface area contributed by atoms with E-state index in [1.807, 2.05) is 0 Å². The van der Waals surface area contributed by atoms with Gasteiger partial charge < -0.3 is 18.9 Å². The Morgan fingerprint density at radius 1 is 0.296 bits per heavy atom. The zero-order valence-electron chi connectivity index (χ0n) is 29.0. The minimum Gasteiger partial charge on any atom is -0.311 e. The normalized spacial score (nSPS) is 14.5. The van der Waals surface area contributed by atoms with Crippen LogP contribution in [0.4, 0.5) is 34.1 Å². The van der Waals surface area contributed by atoms with E-state index in [4.69, 9.17) is 0 Å². The quantitative estimate of drug-likeness (QED) is 0.177. The monoisotopic (exact) mass is 680 g/mol.